The molecule has 60 heavy (non-hydrogen) atoms. The summed E-state index contributed by atoms with van der Waals surface area (Å²) in [7, 11) is 0. The molecule has 11 aromatic rings. The zero-order chi connectivity index (χ0) is 40.0. The zero-order valence-electron chi connectivity index (χ0n) is 33.3. The van der Waals surface area contributed by atoms with Crippen LogP contribution in [-0.2, 0) is 5.41 Å². The minimum atomic E-state index is -0.159. The van der Waals surface area contributed by atoms with Gasteiger partial charge in [0.05, 0.1) is 11.4 Å². The average molecular weight is 767 g/mol. The average Bonchev–Trinajstić information content (AvgIpc) is 3.80. The van der Waals surface area contributed by atoms with Crippen LogP contribution in [0.3, 0.4) is 0 Å². The Morgan fingerprint density at radius 3 is 1.75 bits per heavy atom. The number of furan rings is 1. The Hall–Kier alpha value is -7.62. The second kappa shape index (κ2) is 13.2. The van der Waals surface area contributed by atoms with E-state index in [9.17, 15) is 0 Å². The first kappa shape index (κ1) is 34.4. The summed E-state index contributed by atoms with van der Waals surface area (Å²) >= 11 is 0. The fourth-order valence-corrected chi connectivity index (χ4v) is 9.70. The Morgan fingerprint density at radius 2 is 0.967 bits per heavy atom. The van der Waals surface area contributed by atoms with E-state index < -0.39 is 0 Å². The normalized spacial score (nSPS) is 13.0. The van der Waals surface area contributed by atoms with Gasteiger partial charge in [0.15, 0.2) is 5.82 Å². The minimum absolute atomic E-state index is 0.159. The Morgan fingerprint density at radius 1 is 0.383 bits per heavy atom. The van der Waals surface area contributed by atoms with Crippen LogP contribution < -0.4 is 0 Å². The first-order chi connectivity index (χ1) is 29.5. The molecule has 9 aromatic carbocycles. The molecule has 0 fully saturated rings. The van der Waals surface area contributed by atoms with Crippen LogP contribution in [0.15, 0.2) is 199 Å². The van der Waals surface area contributed by atoms with Gasteiger partial charge in [-0.15, -0.1) is 0 Å². The van der Waals surface area contributed by atoms with Crippen LogP contribution in [0.25, 0.3) is 111 Å². The fourth-order valence-electron chi connectivity index (χ4n) is 9.70. The quantitative estimate of drug-likeness (QED) is 0.175. The number of hydrogen-bond acceptors (Lipinski definition) is 3. The summed E-state index contributed by atoms with van der Waals surface area (Å²) in [5.41, 5.74) is 16.4. The number of para-hydroxylation sites is 2. The number of aromatic nitrogens is 2. The van der Waals surface area contributed by atoms with Crippen molar-refractivity contribution in [2.45, 2.75) is 19.3 Å². The number of nitrogens with zero attached hydrogens (tertiary/aromatic N) is 2. The van der Waals surface area contributed by atoms with Gasteiger partial charge in [0.25, 0.3) is 0 Å². The second-order valence-corrected chi connectivity index (χ2v) is 16.5. The number of rotatable bonds is 5. The first-order valence-electron chi connectivity index (χ1n) is 20.6. The van der Waals surface area contributed by atoms with Crippen molar-refractivity contribution in [3.63, 3.8) is 0 Å². The van der Waals surface area contributed by atoms with Crippen molar-refractivity contribution in [2.75, 3.05) is 0 Å². The van der Waals surface area contributed by atoms with Crippen molar-refractivity contribution in [2.24, 2.45) is 0 Å². The molecule has 0 saturated carbocycles. The largest absolute Gasteiger partial charge is 0.455 e. The number of fused-ring (bicyclic) bond motifs is 8. The highest BCUT2D eigenvalue weighted by atomic mass is 16.3. The van der Waals surface area contributed by atoms with Gasteiger partial charge in [-0.05, 0) is 84.8 Å². The van der Waals surface area contributed by atoms with Crippen molar-refractivity contribution < 1.29 is 4.42 Å². The van der Waals surface area contributed by atoms with E-state index >= 15 is 0 Å². The lowest BCUT2D eigenvalue weighted by Crippen LogP contribution is -2.14. The molecule has 0 amide bonds. The van der Waals surface area contributed by atoms with Gasteiger partial charge in [0.2, 0.25) is 0 Å². The van der Waals surface area contributed by atoms with Crippen molar-refractivity contribution >= 4 is 43.5 Å². The lowest BCUT2D eigenvalue weighted by Gasteiger charge is -2.22. The van der Waals surface area contributed by atoms with E-state index in [4.69, 9.17) is 14.4 Å². The van der Waals surface area contributed by atoms with Crippen molar-refractivity contribution in [1.82, 2.24) is 9.97 Å². The third-order valence-electron chi connectivity index (χ3n) is 12.7. The van der Waals surface area contributed by atoms with Crippen LogP contribution in [0, 0.1) is 0 Å². The third kappa shape index (κ3) is 5.29. The standard InChI is InChI=1S/C57H38N2O/c1-57(2)49-24-13-23-47(54(49)48-32-38-16-6-7-17-39(38)33-50(48)57)52-34-51(58-56(59-52)37-14-4-3-5-15-37)44-31-30-40(42-18-8-9-19-43(42)44)35-26-28-36(29-27-35)41-21-12-22-46-45-20-10-11-25-53(45)60-55(41)46/h3-34H,1-2H3. The molecule has 2 aromatic heterocycles. The molecular formula is C57H38N2O. The maximum absolute atomic E-state index is 6.39. The molecular weight excluding hydrogens is 729 g/mol. The SMILES string of the molecule is CC1(C)c2cc3ccccc3cc2-c2c(-c3cc(-c4ccc(-c5ccc(-c6cccc7c6oc6ccccc67)cc5)c5ccccc45)nc(-c4ccccc4)n3)cccc21. The van der Waals surface area contributed by atoms with Gasteiger partial charge in [-0.25, -0.2) is 9.97 Å². The van der Waals surface area contributed by atoms with Gasteiger partial charge in [-0.3, -0.25) is 0 Å². The van der Waals surface area contributed by atoms with Gasteiger partial charge in [-0.1, -0.05) is 184 Å². The van der Waals surface area contributed by atoms with E-state index in [0.29, 0.717) is 5.82 Å². The topological polar surface area (TPSA) is 38.9 Å². The van der Waals surface area contributed by atoms with E-state index in [-0.39, 0.29) is 5.41 Å². The van der Waals surface area contributed by atoms with E-state index in [1.165, 1.54) is 44.0 Å². The predicted octanol–water partition coefficient (Wildman–Crippen LogP) is 15.3. The van der Waals surface area contributed by atoms with Gasteiger partial charge in [0.1, 0.15) is 11.2 Å². The summed E-state index contributed by atoms with van der Waals surface area (Å²) in [6.45, 7) is 4.69. The molecule has 0 aliphatic heterocycles. The molecule has 282 valence electrons. The van der Waals surface area contributed by atoms with Crippen LogP contribution in [0.1, 0.15) is 25.0 Å². The molecule has 3 nitrogen and oxygen atoms in total. The molecule has 0 atom stereocenters. The zero-order valence-corrected chi connectivity index (χ0v) is 33.3. The van der Waals surface area contributed by atoms with E-state index in [2.05, 4.69) is 190 Å². The Bertz CT molecular complexity index is 3500. The summed E-state index contributed by atoms with van der Waals surface area (Å²) in [6.07, 6.45) is 0. The lowest BCUT2D eigenvalue weighted by atomic mass is 9.81. The van der Waals surface area contributed by atoms with Crippen LogP contribution in [0.4, 0.5) is 0 Å². The summed E-state index contributed by atoms with van der Waals surface area (Å²) < 4.78 is 6.39. The molecule has 0 unspecified atom stereocenters. The number of hydrogen-bond donors (Lipinski definition) is 0. The van der Waals surface area contributed by atoms with Gasteiger partial charge < -0.3 is 4.42 Å². The maximum Gasteiger partial charge on any atom is 0.160 e. The molecule has 1 aliphatic rings. The molecule has 0 saturated heterocycles. The van der Waals surface area contributed by atoms with Gasteiger partial charge in [0, 0.05) is 38.4 Å². The number of benzene rings is 9. The van der Waals surface area contributed by atoms with Crippen LogP contribution in [-0.4, -0.2) is 9.97 Å². The smallest absolute Gasteiger partial charge is 0.160 e. The highest BCUT2D eigenvalue weighted by molar-refractivity contribution is 6.10. The molecule has 12 rings (SSSR count). The Labute approximate surface area is 348 Å². The van der Waals surface area contributed by atoms with Gasteiger partial charge in [-0.2, -0.15) is 0 Å². The molecule has 1 aliphatic carbocycles. The van der Waals surface area contributed by atoms with Crippen LogP contribution >= 0.6 is 0 Å². The first-order valence-corrected chi connectivity index (χ1v) is 20.6. The van der Waals surface area contributed by atoms with Crippen molar-refractivity contribution in [1.29, 1.82) is 0 Å². The Balaban J connectivity index is 1.00. The van der Waals surface area contributed by atoms with Crippen LogP contribution in [0.5, 0.6) is 0 Å². The summed E-state index contributed by atoms with van der Waals surface area (Å²) in [4.78, 5) is 10.7. The van der Waals surface area contributed by atoms with E-state index in [1.807, 2.05) is 18.2 Å². The molecule has 0 radical (unpaired) electrons. The highest BCUT2D eigenvalue weighted by Crippen LogP contribution is 2.53. The maximum atomic E-state index is 6.39. The minimum Gasteiger partial charge on any atom is -0.455 e. The summed E-state index contributed by atoms with van der Waals surface area (Å²) in [5, 5.41) is 7.10. The molecule has 0 spiro atoms. The fraction of sp³-hybridized carbons (Fsp3) is 0.0526. The van der Waals surface area contributed by atoms with E-state index in [0.717, 1.165) is 72.1 Å². The van der Waals surface area contributed by atoms with Crippen molar-refractivity contribution in [3.05, 3.63) is 205 Å². The van der Waals surface area contributed by atoms with E-state index in [1.54, 1.807) is 0 Å². The van der Waals surface area contributed by atoms with Gasteiger partial charge >= 0.3 is 0 Å². The monoisotopic (exact) mass is 766 g/mol. The summed E-state index contributed by atoms with van der Waals surface area (Å²) in [6, 6.07) is 69.5. The lowest BCUT2D eigenvalue weighted by molar-refractivity contribution is 0.661. The van der Waals surface area contributed by atoms with Crippen LogP contribution in [0.2, 0.25) is 0 Å². The molecule has 2 heterocycles. The summed E-state index contributed by atoms with van der Waals surface area (Å²) in [5.74, 6) is 0.708. The molecule has 3 heteroatoms. The predicted molar refractivity (Wildman–Crippen MR) is 249 cm³/mol. The third-order valence-corrected chi connectivity index (χ3v) is 12.7. The second-order valence-electron chi connectivity index (χ2n) is 16.5. The molecule has 0 N–H and O–H groups in total. The molecule has 0 bridgehead atoms. The Kier molecular flexibility index (Phi) is 7.58. The van der Waals surface area contributed by atoms with Crippen molar-refractivity contribution in [3.8, 4) is 67.3 Å². The highest BCUT2D eigenvalue weighted by Gasteiger charge is 2.37.